The lowest BCUT2D eigenvalue weighted by atomic mass is 9.84. The van der Waals surface area contributed by atoms with Gasteiger partial charge in [-0.05, 0) is 55.7 Å². The minimum Gasteiger partial charge on any atom is -0.347 e. The minimum absolute atomic E-state index is 0.0515. The Kier molecular flexibility index (Phi) is 6.33. The Morgan fingerprint density at radius 3 is 2.46 bits per heavy atom. The lowest BCUT2D eigenvalue weighted by Crippen LogP contribution is -2.40. The number of halogens is 3. The molecule has 0 spiro atoms. The van der Waals surface area contributed by atoms with Crippen LogP contribution in [-0.4, -0.2) is 51.9 Å². The molecule has 2 heterocycles. The smallest absolute Gasteiger partial charge is 0.347 e. The van der Waals surface area contributed by atoms with Crippen LogP contribution >= 0.6 is 0 Å². The number of alkyl halides is 3. The van der Waals surface area contributed by atoms with E-state index in [0.717, 1.165) is 50.9 Å². The first kappa shape index (κ1) is 23.8. The van der Waals surface area contributed by atoms with Gasteiger partial charge < -0.3 is 15.2 Å². The largest absolute Gasteiger partial charge is 0.416 e. The van der Waals surface area contributed by atoms with Crippen LogP contribution in [-0.2, 0) is 22.8 Å². The number of likely N-dealkylation sites (tertiary alicyclic amines) is 1. The summed E-state index contributed by atoms with van der Waals surface area (Å²) in [6.45, 7) is 1.57. The number of aryl methyl sites for hydroxylation is 1. The number of benzene rings is 1. The maximum atomic E-state index is 12.8. The van der Waals surface area contributed by atoms with Gasteiger partial charge in [0.15, 0.2) is 0 Å². The number of nitrogens with one attached hydrogen (secondary N) is 2. The Morgan fingerprint density at radius 2 is 1.83 bits per heavy atom. The molecular formula is C25H30F3N5O2. The first-order valence-electron chi connectivity index (χ1n) is 12.2. The molecule has 3 fully saturated rings. The topological polar surface area (TPSA) is 79.3 Å². The molecule has 7 nitrogen and oxygen atoms in total. The molecule has 2 aromatic rings. The number of fused-ring (bicyclic) bond motifs is 1. The van der Waals surface area contributed by atoms with Gasteiger partial charge in [-0.2, -0.15) is 13.2 Å². The van der Waals surface area contributed by atoms with E-state index in [-0.39, 0.29) is 24.1 Å². The average Bonchev–Trinajstić information content (AvgIpc) is 3.12. The highest BCUT2D eigenvalue weighted by molar-refractivity contribution is 5.95. The van der Waals surface area contributed by atoms with Crippen LogP contribution in [0, 0.1) is 17.8 Å². The molecule has 35 heavy (non-hydrogen) atoms. The van der Waals surface area contributed by atoms with Crippen LogP contribution in [0.3, 0.4) is 0 Å². The Labute approximate surface area is 202 Å². The summed E-state index contributed by atoms with van der Waals surface area (Å²) in [4.78, 5) is 31.8. The molecule has 1 aromatic carbocycles. The number of amides is 2. The number of nitrogens with zero attached hydrogens (tertiary/aromatic N) is 3. The van der Waals surface area contributed by atoms with Crippen molar-refractivity contribution in [2.75, 3.05) is 25.0 Å². The van der Waals surface area contributed by atoms with E-state index in [1.807, 2.05) is 19.4 Å². The molecule has 2 N–H and O–H groups in total. The fourth-order valence-corrected chi connectivity index (χ4v) is 5.98. The van der Waals surface area contributed by atoms with E-state index in [9.17, 15) is 22.8 Å². The van der Waals surface area contributed by atoms with Gasteiger partial charge in [0.05, 0.1) is 12.1 Å². The number of hydrogen-bond acceptors (Lipinski definition) is 4. The summed E-state index contributed by atoms with van der Waals surface area (Å²) in [5.41, 5.74) is -0.782. The van der Waals surface area contributed by atoms with Crippen LogP contribution in [0.25, 0.3) is 0 Å². The van der Waals surface area contributed by atoms with Gasteiger partial charge in [-0.1, -0.05) is 6.07 Å². The van der Waals surface area contributed by atoms with Crippen LogP contribution in [0.4, 0.5) is 18.9 Å². The molecule has 1 saturated heterocycles. The van der Waals surface area contributed by atoms with Gasteiger partial charge >= 0.3 is 6.18 Å². The number of aromatic nitrogens is 2. The number of piperidine rings is 1. The van der Waals surface area contributed by atoms with Crippen molar-refractivity contribution in [3.63, 3.8) is 0 Å². The lowest BCUT2D eigenvalue weighted by molar-refractivity contribution is -0.137. The average molecular weight is 490 g/mol. The molecule has 1 aliphatic heterocycles. The van der Waals surface area contributed by atoms with Crippen molar-refractivity contribution >= 4 is 17.5 Å². The SMILES string of the molecule is Cn1ccnc1C1CCC(N2C[C@@H]3C(C(=O)NCC(=O)Nc4cccc(C(F)(F)F)c4)[C@@H]3C2)CC1. The van der Waals surface area contributed by atoms with Gasteiger partial charge in [0.25, 0.3) is 0 Å². The summed E-state index contributed by atoms with van der Waals surface area (Å²) in [6, 6.07) is 5.00. The first-order chi connectivity index (χ1) is 16.7. The van der Waals surface area contributed by atoms with Crippen LogP contribution < -0.4 is 10.6 Å². The zero-order valence-electron chi connectivity index (χ0n) is 19.6. The number of carbonyl (C=O) groups is 2. The van der Waals surface area contributed by atoms with Crippen molar-refractivity contribution in [1.82, 2.24) is 19.8 Å². The molecule has 3 aliphatic rings. The van der Waals surface area contributed by atoms with Crippen molar-refractivity contribution in [3.8, 4) is 0 Å². The molecule has 2 saturated carbocycles. The minimum atomic E-state index is -4.48. The first-order valence-corrected chi connectivity index (χ1v) is 12.2. The summed E-state index contributed by atoms with van der Waals surface area (Å²) < 4.78 is 40.6. The standard InChI is InChI=1S/C25H30F3N5O2/c1-32-10-9-29-23(32)15-5-7-18(8-6-15)33-13-19-20(14-33)22(19)24(35)30-12-21(34)31-17-4-2-3-16(11-17)25(26,27)28/h2-4,9-11,15,18-20,22H,5-8,12-14H2,1H3,(H,30,35)(H,31,34)/t15?,18?,19-,20+,22?. The molecule has 3 atom stereocenters. The number of hydrogen-bond donors (Lipinski definition) is 2. The highest BCUT2D eigenvalue weighted by Gasteiger charge is 2.60. The molecule has 10 heteroatoms. The van der Waals surface area contributed by atoms with Crippen LogP contribution in [0.2, 0.25) is 0 Å². The molecule has 5 rings (SSSR count). The van der Waals surface area contributed by atoms with Crippen LogP contribution in [0.5, 0.6) is 0 Å². The molecule has 1 aromatic heterocycles. The second-order valence-electron chi connectivity index (χ2n) is 10.1. The number of rotatable bonds is 6. The predicted octanol–water partition coefficient (Wildman–Crippen LogP) is 3.40. The third-order valence-electron chi connectivity index (χ3n) is 7.86. The van der Waals surface area contributed by atoms with Gasteiger partial charge in [-0.3, -0.25) is 14.5 Å². The Balaban J connectivity index is 1.04. The Hall–Kier alpha value is -2.88. The van der Waals surface area contributed by atoms with E-state index < -0.39 is 17.6 Å². The zero-order valence-corrected chi connectivity index (χ0v) is 19.6. The fourth-order valence-electron chi connectivity index (χ4n) is 5.98. The Bertz CT molecular complexity index is 1080. The maximum Gasteiger partial charge on any atom is 0.416 e. The highest BCUT2D eigenvalue weighted by Crippen LogP contribution is 2.53. The monoisotopic (exact) mass is 489 g/mol. The van der Waals surface area contributed by atoms with Gasteiger partial charge in [0, 0.05) is 56.1 Å². The molecule has 2 aliphatic carbocycles. The molecule has 2 amide bonds. The molecular weight excluding hydrogens is 459 g/mol. The fraction of sp³-hybridized carbons (Fsp3) is 0.560. The van der Waals surface area contributed by atoms with Crippen molar-refractivity contribution in [3.05, 3.63) is 48.0 Å². The molecule has 0 radical (unpaired) electrons. The second-order valence-corrected chi connectivity index (χ2v) is 10.1. The van der Waals surface area contributed by atoms with E-state index in [4.69, 9.17) is 0 Å². The van der Waals surface area contributed by atoms with Gasteiger partial charge in [-0.25, -0.2) is 4.98 Å². The zero-order chi connectivity index (χ0) is 24.7. The number of anilines is 1. The summed E-state index contributed by atoms with van der Waals surface area (Å²) in [5, 5.41) is 5.08. The van der Waals surface area contributed by atoms with Crippen molar-refractivity contribution in [2.45, 2.75) is 43.8 Å². The van der Waals surface area contributed by atoms with Crippen molar-refractivity contribution in [1.29, 1.82) is 0 Å². The van der Waals surface area contributed by atoms with E-state index >= 15 is 0 Å². The van der Waals surface area contributed by atoms with E-state index in [1.165, 1.54) is 18.0 Å². The summed E-state index contributed by atoms with van der Waals surface area (Å²) in [7, 11) is 2.04. The third-order valence-corrected chi connectivity index (χ3v) is 7.86. The van der Waals surface area contributed by atoms with Gasteiger partial charge in [0.2, 0.25) is 11.8 Å². The van der Waals surface area contributed by atoms with Crippen LogP contribution in [0.15, 0.2) is 36.7 Å². The van der Waals surface area contributed by atoms with E-state index in [2.05, 4.69) is 25.1 Å². The quantitative estimate of drug-likeness (QED) is 0.652. The number of carbonyl (C=O) groups excluding carboxylic acids is 2. The number of imidazole rings is 1. The van der Waals surface area contributed by atoms with Crippen LogP contribution in [0.1, 0.15) is 43.0 Å². The van der Waals surface area contributed by atoms with Crippen molar-refractivity contribution < 1.29 is 22.8 Å². The van der Waals surface area contributed by atoms with Gasteiger partial charge in [0.1, 0.15) is 5.82 Å². The van der Waals surface area contributed by atoms with Crippen molar-refractivity contribution in [2.24, 2.45) is 24.8 Å². The predicted molar refractivity (Wildman–Crippen MR) is 123 cm³/mol. The summed E-state index contributed by atoms with van der Waals surface area (Å²) in [5.74, 6) is 1.58. The third kappa shape index (κ3) is 5.07. The Morgan fingerprint density at radius 1 is 1.11 bits per heavy atom. The summed E-state index contributed by atoms with van der Waals surface area (Å²) in [6.07, 6.45) is 3.92. The van der Waals surface area contributed by atoms with E-state index in [0.29, 0.717) is 23.8 Å². The normalized spacial score (nSPS) is 28.4. The maximum absolute atomic E-state index is 12.8. The summed E-state index contributed by atoms with van der Waals surface area (Å²) >= 11 is 0. The second kappa shape index (κ2) is 9.29. The molecule has 0 bridgehead atoms. The molecule has 188 valence electrons. The molecule has 1 unspecified atom stereocenters. The lowest BCUT2D eigenvalue weighted by Gasteiger charge is -2.35. The van der Waals surface area contributed by atoms with Gasteiger partial charge in [-0.15, -0.1) is 0 Å². The van der Waals surface area contributed by atoms with E-state index in [1.54, 1.807) is 0 Å². The highest BCUT2D eigenvalue weighted by atomic mass is 19.4.